The second-order valence-electron chi connectivity index (χ2n) is 5.04. The Morgan fingerprint density at radius 2 is 2.05 bits per heavy atom. The van der Waals surface area contributed by atoms with Crippen LogP contribution in [0.1, 0.15) is 37.4 Å². The van der Waals surface area contributed by atoms with Gasteiger partial charge in [-0.25, -0.2) is 0 Å². The third kappa shape index (κ3) is 4.19. The quantitative estimate of drug-likeness (QED) is 0.918. The molecule has 0 amide bonds. The molecule has 1 aliphatic rings. The largest absolute Gasteiger partial charge is 0.396 e. The van der Waals surface area contributed by atoms with Gasteiger partial charge in [-0.15, -0.1) is 0 Å². The lowest BCUT2D eigenvalue weighted by atomic mass is 9.82. The van der Waals surface area contributed by atoms with Crippen LogP contribution in [0.25, 0.3) is 0 Å². The van der Waals surface area contributed by atoms with Crippen LogP contribution < -0.4 is 5.32 Å². The first kappa shape index (κ1) is 14.3. The summed E-state index contributed by atoms with van der Waals surface area (Å²) in [5.41, 5.74) is 0. The molecule has 1 heterocycles. The normalized spacial score (nSPS) is 24.6. The molecule has 2 unspecified atom stereocenters. The molecule has 1 aliphatic carbocycles. The molecule has 4 nitrogen and oxygen atoms in total. The lowest BCUT2D eigenvalue weighted by Crippen LogP contribution is -2.37. The molecular weight excluding hydrogens is 259 g/mol. The van der Waals surface area contributed by atoms with Crippen LogP contribution in [-0.2, 0) is 12.8 Å². The van der Waals surface area contributed by atoms with E-state index in [1.54, 1.807) is 0 Å². The van der Waals surface area contributed by atoms with E-state index in [-0.39, 0.29) is 5.82 Å². The number of hydrogen-bond acceptors (Lipinski definition) is 4. The van der Waals surface area contributed by atoms with Gasteiger partial charge in [-0.3, -0.25) is 0 Å². The molecule has 1 fully saturated rings. The van der Waals surface area contributed by atoms with Gasteiger partial charge in [0, 0.05) is 12.5 Å². The highest BCUT2D eigenvalue weighted by molar-refractivity contribution is 4.93. The molecule has 0 saturated heterocycles. The van der Waals surface area contributed by atoms with Gasteiger partial charge in [-0.1, -0.05) is 18.0 Å². The Balaban J connectivity index is 1.95. The summed E-state index contributed by atoms with van der Waals surface area (Å²) in [5.74, 6) is 0.392. The second-order valence-corrected chi connectivity index (χ2v) is 5.04. The van der Waals surface area contributed by atoms with Gasteiger partial charge in [0.2, 0.25) is 5.89 Å². The maximum atomic E-state index is 12.2. The van der Waals surface area contributed by atoms with Gasteiger partial charge in [-0.05, 0) is 25.8 Å². The molecule has 2 rings (SSSR count). The van der Waals surface area contributed by atoms with Crippen molar-refractivity contribution in [2.45, 2.75) is 50.7 Å². The van der Waals surface area contributed by atoms with Gasteiger partial charge in [0.1, 0.15) is 6.42 Å². The molecule has 0 bridgehead atoms. The lowest BCUT2D eigenvalue weighted by molar-refractivity contribution is -0.128. The lowest BCUT2D eigenvalue weighted by Gasteiger charge is -2.30. The van der Waals surface area contributed by atoms with Crippen molar-refractivity contribution in [1.29, 1.82) is 0 Å². The summed E-state index contributed by atoms with van der Waals surface area (Å²) in [6.07, 6.45) is -0.406. The van der Waals surface area contributed by atoms with E-state index in [1.807, 2.05) is 7.05 Å². The molecule has 0 spiro atoms. The molecule has 108 valence electrons. The number of halogens is 3. The van der Waals surface area contributed by atoms with E-state index in [9.17, 15) is 13.2 Å². The van der Waals surface area contributed by atoms with E-state index in [0.717, 1.165) is 19.3 Å². The van der Waals surface area contributed by atoms with Crippen molar-refractivity contribution in [3.63, 3.8) is 0 Å². The third-order valence-electron chi connectivity index (χ3n) is 3.59. The molecule has 1 saturated carbocycles. The number of nitrogens with one attached hydrogen (secondary N) is 1. The Hall–Kier alpha value is -1.11. The third-order valence-corrected chi connectivity index (χ3v) is 3.59. The summed E-state index contributed by atoms with van der Waals surface area (Å²) >= 11 is 0. The average Bonchev–Trinajstić information content (AvgIpc) is 2.75. The first-order valence-electron chi connectivity index (χ1n) is 6.53. The number of rotatable bonds is 4. The Morgan fingerprint density at radius 3 is 2.74 bits per heavy atom. The average molecular weight is 277 g/mol. The smallest absolute Gasteiger partial charge is 0.339 e. The van der Waals surface area contributed by atoms with Crippen molar-refractivity contribution >= 4 is 0 Å². The number of hydrogen-bond donors (Lipinski definition) is 1. The van der Waals surface area contributed by atoms with E-state index in [4.69, 9.17) is 4.52 Å². The predicted octanol–water partition coefficient (Wildman–Crippen LogP) is 2.50. The first-order chi connectivity index (χ1) is 8.98. The minimum atomic E-state index is -4.29. The summed E-state index contributed by atoms with van der Waals surface area (Å²) in [7, 11) is 1.91. The van der Waals surface area contributed by atoms with Gasteiger partial charge in [-0.2, -0.15) is 18.2 Å². The van der Waals surface area contributed by atoms with E-state index in [2.05, 4.69) is 15.5 Å². The van der Waals surface area contributed by atoms with Crippen molar-refractivity contribution in [3.8, 4) is 0 Å². The fraction of sp³-hybridized carbons (Fsp3) is 0.833. The Morgan fingerprint density at radius 1 is 1.32 bits per heavy atom. The highest BCUT2D eigenvalue weighted by Gasteiger charge is 2.31. The summed E-state index contributed by atoms with van der Waals surface area (Å²) in [5, 5.41) is 6.64. The molecule has 1 N–H and O–H groups in total. The monoisotopic (exact) mass is 277 g/mol. The van der Waals surface area contributed by atoms with Gasteiger partial charge < -0.3 is 9.84 Å². The molecule has 0 aliphatic heterocycles. The van der Waals surface area contributed by atoms with E-state index < -0.39 is 12.6 Å². The summed E-state index contributed by atoms with van der Waals surface area (Å²) < 4.78 is 41.5. The summed E-state index contributed by atoms with van der Waals surface area (Å²) in [6.45, 7) is 0. The molecule has 1 aromatic heterocycles. The zero-order valence-electron chi connectivity index (χ0n) is 10.8. The van der Waals surface area contributed by atoms with Crippen molar-refractivity contribution < 1.29 is 17.7 Å². The van der Waals surface area contributed by atoms with Crippen LogP contribution in [0.2, 0.25) is 0 Å². The van der Waals surface area contributed by atoms with E-state index >= 15 is 0 Å². The van der Waals surface area contributed by atoms with Gasteiger partial charge in [0.15, 0.2) is 5.82 Å². The van der Waals surface area contributed by atoms with Crippen LogP contribution in [-0.4, -0.2) is 29.4 Å². The fourth-order valence-electron chi connectivity index (χ4n) is 2.68. The number of alkyl halides is 3. The molecule has 0 radical (unpaired) electrons. The highest BCUT2D eigenvalue weighted by atomic mass is 19.4. The van der Waals surface area contributed by atoms with Crippen molar-refractivity contribution in [2.75, 3.05) is 7.05 Å². The maximum absolute atomic E-state index is 12.2. The molecule has 0 aromatic carbocycles. The number of aromatic nitrogens is 2. The Bertz CT molecular complexity index is 405. The van der Waals surface area contributed by atoms with Gasteiger partial charge in [0.25, 0.3) is 0 Å². The van der Waals surface area contributed by atoms with Crippen molar-refractivity contribution in [1.82, 2.24) is 15.5 Å². The van der Waals surface area contributed by atoms with Crippen LogP contribution in [0.4, 0.5) is 13.2 Å². The van der Waals surface area contributed by atoms with Crippen molar-refractivity contribution in [2.24, 2.45) is 5.92 Å². The van der Waals surface area contributed by atoms with Crippen LogP contribution in [0, 0.1) is 5.92 Å². The minimum absolute atomic E-state index is 0.278. The zero-order valence-corrected chi connectivity index (χ0v) is 10.8. The Labute approximate surface area is 109 Å². The fourth-order valence-corrected chi connectivity index (χ4v) is 2.68. The zero-order chi connectivity index (χ0) is 13.9. The molecule has 7 heteroatoms. The standard InChI is InChI=1S/C12H18F3N3O/c1-16-9-5-3-2-4-8(9)6-11-17-10(18-19-11)7-12(13,14)15/h8-9,16H,2-7H2,1H3. The molecule has 1 aromatic rings. The van der Waals surface area contributed by atoms with Gasteiger partial charge >= 0.3 is 6.18 Å². The van der Waals surface area contributed by atoms with Crippen LogP contribution in [0.15, 0.2) is 4.52 Å². The van der Waals surface area contributed by atoms with Gasteiger partial charge in [0.05, 0.1) is 0 Å². The predicted molar refractivity (Wildman–Crippen MR) is 62.6 cm³/mol. The summed E-state index contributed by atoms with van der Waals surface area (Å²) in [6, 6.07) is 0.381. The van der Waals surface area contributed by atoms with Crippen molar-refractivity contribution in [3.05, 3.63) is 11.7 Å². The Kier molecular flexibility index (Phi) is 4.44. The molecular formula is C12H18F3N3O. The SMILES string of the molecule is CNC1CCCCC1Cc1nc(CC(F)(F)F)no1. The molecule has 19 heavy (non-hydrogen) atoms. The minimum Gasteiger partial charge on any atom is -0.339 e. The molecule has 2 atom stereocenters. The summed E-state index contributed by atoms with van der Waals surface area (Å²) in [4.78, 5) is 3.83. The van der Waals surface area contributed by atoms with E-state index in [0.29, 0.717) is 24.3 Å². The van der Waals surface area contributed by atoms with Crippen LogP contribution in [0.5, 0.6) is 0 Å². The second kappa shape index (κ2) is 5.90. The first-order valence-corrected chi connectivity index (χ1v) is 6.53. The van der Waals surface area contributed by atoms with Crippen LogP contribution in [0.3, 0.4) is 0 Å². The van der Waals surface area contributed by atoms with E-state index in [1.165, 1.54) is 6.42 Å². The topological polar surface area (TPSA) is 51.0 Å². The maximum Gasteiger partial charge on any atom is 0.396 e. The number of nitrogens with zero attached hydrogens (tertiary/aromatic N) is 2. The van der Waals surface area contributed by atoms with Crippen LogP contribution >= 0.6 is 0 Å². The highest BCUT2D eigenvalue weighted by Crippen LogP contribution is 2.27.